The maximum Gasteiger partial charge on any atom is 0.327 e. The van der Waals surface area contributed by atoms with Gasteiger partial charge in [0.05, 0.1) is 0 Å². The lowest BCUT2D eigenvalue weighted by Crippen LogP contribution is -2.34. The molecule has 8 nitrogen and oxygen atoms in total. The number of nitrogens with one attached hydrogen (secondary N) is 2. The number of hydrogen-bond donors (Lipinski definition) is 3. The van der Waals surface area contributed by atoms with Crippen molar-refractivity contribution in [1.29, 1.82) is 0 Å². The Hall–Kier alpha value is -2.38. The van der Waals surface area contributed by atoms with Gasteiger partial charge in [0.25, 0.3) is 0 Å². The van der Waals surface area contributed by atoms with Crippen LogP contribution in [0.25, 0.3) is 0 Å². The number of aromatic nitrogens is 2. The fourth-order valence-electron chi connectivity index (χ4n) is 1.22. The lowest BCUT2D eigenvalue weighted by Gasteiger charge is -2.03. The van der Waals surface area contributed by atoms with E-state index in [4.69, 9.17) is 5.11 Å². The number of carboxylic acid groups (broad SMARTS) is 1. The van der Waals surface area contributed by atoms with Gasteiger partial charge >= 0.3 is 12.0 Å². The van der Waals surface area contributed by atoms with Crippen molar-refractivity contribution < 1.29 is 19.5 Å². The van der Waals surface area contributed by atoms with Crippen molar-refractivity contribution in [3.8, 4) is 0 Å². The van der Waals surface area contributed by atoms with E-state index < -0.39 is 17.9 Å². The van der Waals surface area contributed by atoms with Crippen molar-refractivity contribution in [2.24, 2.45) is 7.05 Å². The van der Waals surface area contributed by atoms with Crippen LogP contribution in [0.2, 0.25) is 0 Å². The van der Waals surface area contributed by atoms with Crippen LogP contribution in [0.3, 0.4) is 0 Å². The summed E-state index contributed by atoms with van der Waals surface area (Å²) >= 11 is 0. The molecule has 98 valence electrons. The molecule has 18 heavy (non-hydrogen) atoms. The average Bonchev–Trinajstić information content (AvgIpc) is 2.62. The zero-order chi connectivity index (χ0) is 13.5. The highest BCUT2D eigenvalue weighted by Crippen LogP contribution is 2.00. The highest BCUT2D eigenvalue weighted by atomic mass is 16.4. The predicted molar refractivity (Wildman–Crippen MR) is 61.9 cm³/mol. The minimum absolute atomic E-state index is 0.0120. The second-order valence-corrected chi connectivity index (χ2v) is 3.62. The molecule has 0 aromatic carbocycles. The summed E-state index contributed by atoms with van der Waals surface area (Å²) in [7, 11) is 1.69. The number of hydrogen-bond acceptors (Lipinski definition) is 4. The number of imide groups is 1. The fourth-order valence-corrected chi connectivity index (χ4v) is 1.22. The van der Waals surface area contributed by atoms with E-state index in [-0.39, 0.29) is 19.3 Å². The molecule has 0 aliphatic heterocycles. The molecule has 0 fully saturated rings. The summed E-state index contributed by atoms with van der Waals surface area (Å²) in [6, 6.07) is 0.892. The van der Waals surface area contributed by atoms with Gasteiger partial charge in [0.2, 0.25) is 5.91 Å². The molecule has 0 atom stereocenters. The van der Waals surface area contributed by atoms with E-state index in [1.165, 1.54) is 4.68 Å². The third kappa shape index (κ3) is 5.10. The average molecular weight is 254 g/mol. The van der Waals surface area contributed by atoms with Crippen molar-refractivity contribution in [1.82, 2.24) is 15.1 Å². The maximum atomic E-state index is 11.3. The Morgan fingerprint density at radius 2 is 2.11 bits per heavy atom. The van der Waals surface area contributed by atoms with Crippen LogP contribution in [0.5, 0.6) is 0 Å². The van der Waals surface area contributed by atoms with Crippen LogP contribution >= 0.6 is 0 Å². The number of urea groups is 1. The molecule has 0 radical (unpaired) electrons. The van der Waals surface area contributed by atoms with E-state index in [9.17, 15) is 14.4 Å². The van der Waals surface area contributed by atoms with Gasteiger partial charge in [0.15, 0.2) is 5.82 Å². The molecule has 0 aliphatic carbocycles. The molecule has 0 saturated heterocycles. The first-order valence-corrected chi connectivity index (χ1v) is 5.29. The molecule has 0 saturated carbocycles. The summed E-state index contributed by atoms with van der Waals surface area (Å²) in [5, 5.41) is 16.7. The van der Waals surface area contributed by atoms with E-state index >= 15 is 0 Å². The second-order valence-electron chi connectivity index (χ2n) is 3.62. The molecule has 3 amide bonds. The summed E-state index contributed by atoms with van der Waals surface area (Å²) in [5.41, 5.74) is 0. The first-order chi connectivity index (χ1) is 8.47. The molecule has 8 heteroatoms. The highest BCUT2D eigenvalue weighted by Gasteiger charge is 2.09. The molecule has 0 bridgehead atoms. The third-order valence-electron chi connectivity index (χ3n) is 2.00. The fraction of sp³-hybridized carbons (Fsp3) is 0.400. The van der Waals surface area contributed by atoms with Crippen LogP contribution in [-0.2, 0) is 16.6 Å². The van der Waals surface area contributed by atoms with Gasteiger partial charge in [-0.3, -0.25) is 24.9 Å². The van der Waals surface area contributed by atoms with Crippen molar-refractivity contribution in [2.45, 2.75) is 19.3 Å². The smallest absolute Gasteiger partial charge is 0.327 e. The highest BCUT2D eigenvalue weighted by molar-refractivity contribution is 6.00. The quantitative estimate of drug-likeness (QED) is 0.700. The Bertz CT molecular complexity index is 454. The SMILES string of the molecule is Cn1ccc(NC(=O)NC(=O)CCCC(=O)O)n1. The second kappa shape index (κ2) is 6.38. The Labute approximate surface area is 103 Å². The summed E-state index contributed by atoms with van der Waals surface area (Å²) in [6.45, 7) is 0. The summed E-state index contributed by atoms with van der Waals surface area (Å²) < 4.78 is 1.50. The lowest BCUT2D eigenvalue weighted by molar-refractivity contribution is -0.137. The number of rotatable bonds is 5. The zero-order valence-corrected chi connectivity index (χ0v) is 9.84. The molecule has 1 aromatic heterocycles. The van der Waals surface area contributed by atoms with Crippen molar-refractivity contribution in [2.75, 3.05) is 5.32 Å². The maximum absolute atomic E-state index is 11.3. The van der Waals surface area contributed by atoms with Gasteiger partial charge in [0.1, 0.15) is 0 Å². The minimum Gasteiger partial charge on any atom is -0.481 e. The molecule has 0 unspecified atom stereocenters. The largest absolute Gasteiger partial charge is 0.481 e. The Balaban J connectivity index is 2.27. The normalized spacial score (nSPS) is 9.83. The zero-order valence-electron chi connectivity index (χ0n) is 9.84. The van der Waals surface area contributed by atoms with E-state index in [0.29, 0.717) is 5.82 Å². The van der Waals surface area contributed by atoms with Crippen LogP contribution in [0, 0.1) is 0 Å². The number of carboxylic acids is 1. The number of anilines is 1. The lowest BCUT2D eigenvalue weighted by atomic mass is 10.2. The van der Waals surface area contributed by atoms with Crippen molar-refractivity contribution in [3.63, 3.8) is 0 Å². The third-order valence-corrected chi connectivity index (χ3v) is 2.00. The summed E-state index contributed by atoms with van der Waals surface area (Å²) in [5.74, 6) is -1.17. The Kier molecular flexibility index (Phi) is 4.85. The Morgan fingerprint density at radius 1 is 1.39 bits per heavy atom. The monoisotopic (exact) mass is 254 g/mol. The van der Waals surface area contributed by atoms with Crippen LogP contribution in [-0.4, -0.2) is 32.8 Å². The molecule has 1 heterocycles. The van der Waals surface area contributed by atoms with Gasteiger partial charge in [0, 0.05) is 32.2 Å². The molecular weight excluding hydrogens is 240 g/mol. The van der Waals surface area contributed by atoms with E-state index in [0.717, 1.165) is 0 Å². The molecule has 0 aliphatic rings. The van der Waals surface area contributed by atoms with Gasteiger partial charge in [-0.2, -0.15) is 5.10 Å². The standard InChI is InChI=1S/C10H14N4O4/c1-14-6-5-7(13-14)11-10(18)12-8(15)3-2-4-9(16)17/h5-6H,2-4H2,1H3,(H,16,17)(H2,11,12,13,15,18). The van der Waals surface area contributed by atoms with E-state index in [2.05, 4.69) is 15.7 Å². The molecular formula is C10H14N4O4. The summed E-state index contributed by atoms with van der Waals surface area (Å²) in [4.78, 5) is 32.8. The van der Waals surface area contributed by atoms with Gasteiger partial charge in [-0.1, -0.05) is 0 Å². The van der Waals surface area contributed by atoms with Crippen LogP contribution in [0.1, 0.15) is 19.3 Å². The van der Waals surface area contributed by atoms with Crippen LogP contribution in [0.4, 0.5) is 10.6 Å². The molecule has 3 N–H and O–H groups in total. The van der Waals surface area contributed by atoms with E-state index in [1.54, 1.807) is 19.3 Å². The van der Waals surface area contributed by atoms with Gasteiger partial charge in [-0.15, -0.1) is 0 Å². The number of carbonyl (C=O) groups is 3. The molecule has 0 spiro atoms. The predicted octanol–water partition coefficient (Wildman–Crippen LogP) is 0.323. The van der Waals surface area contributed by atoms with Gasteiger partial charge in [-0.25, -0.2) is 4.79 Å². The van der Waals surface area contributed by atoms with E-state index in [1.807, 2.05) is 0 Å². The van der Waals surface area contributed by atoms with Crippen LogP contribution < -0.4 is 10.6 Å². The first kappa shape index (κ1) is 13.7. The summed E-state index contributed by atoms with van der Waals surface area (Å²) in [6.07, 6.45) is 1.72. The first-order valence-electron chi connectivity index (χ1n) is 5.29. The molecule has 1 rings (SSSR count). The van der Waals surface area contributed by atoms with Crippen LogP contribution in [0.15, 0.2) is 12.3 Å². The van der Waals surface area contributed by atoms with Crippen molar-refractivity contribution >= 4 is 23.7 Å². The number of aryl methyl sites for hydroxylation is 1. The van der Waals surface area contributed by atoms with Gasteiger partial charge < -0.3 is 5.11 Å². The van der Waals surface area contributed by atoms with Crippen molar-refractivity contribution in [3.05, 3.63) is 12.3 Å². The minimum atomic E-state index is -0.972. The Morgan fingerprint density at radius 3 is 2.67 bits per heavy atom. The number of amides is 3. The number of nitrogens with zero attached hydrogens (tertiary/aromatic N) is 2. The molecule has 1 aromatic rings. The number of aliphatic carboxylic acids is 1. The van der Waals surface area contributed by atoms with Gasteiger partial charge in [-0.05, 0) is 6.42 Å². The number of carbonyl (C=O) groups excluding carboxylic acids is 2. The topological polar surface area (TPSA) is 113 Å².